The molecule has 104 valence electrons. The second kappa shape index (κ2) is 5.78. The van der Waals surface area contributed by atoms with Gasteiger partial charge in [-0.15, -0.1) is 0 Å². The van der Waals surface area contributed by atoms with Crippen LogP contribution in [-0.4, -0.2) is 29.8 Å². The lowest BCUT2D eigenvalue weighted by Gasteiger charge is -2.23. The van der Waals surface area contributed by atoms with Crippen LogP contribution in [0.15, 0.2) is 18.2 Å². The molecule has 1 aliphatic carbocycles. The fraction of sp³-hybridized carbons (Fsp3) is 0.533. The van der Waals surface area contributed by atoms with Crippen LogP contribution in [0.25, 0.3) is 0 Å². The molecule has 0 aromatic heterocycles. The lowest BCUT2D eigenvalue weighted by atomic mass is 10.1. The molecule has 0 unspecified atom stereocenters. The molecule has 0 saturated heterocycles. The van der Waals surface area contributed by atoms with Crippen molar-refractivity contribution in [1.82, 2.24) is 4.90 Å². The minimum absolute atomic E-state index is 0.0178. The van der Waals surface area contributed by atoms with Gasteiger partial charge in [-0.3, -0.25) is 9.69 Å². The summed E-state index contributed by atoms with van der Waals surface area (Å²) in [5, 5.41) is 0. The molecule has 1 aliphatic rings. The molecule has 2 nitrogen and oxygen atoms in total. The number of halogens is 2. The van der Waals surface area contributed by atoms with Gasteiger partial charge in [-0.2, -0.15) is 0 Å². The fourth-order valence-electron chi connectivity index (χ4n) is 2.24. The fourth-order valence-corrected chi connectivity index (χ4v) is 2.24. The van der Waals surface area contributed by atoms with Crippen LogP contribution in [0.1, 0.15) is 37.0 Å². The quantitative estimate of drug-likeness (QED) is 0.737. The van der Waals surface area contributed by atoms with E-state index in [4.69, 9.17) is 0 Å². The normalized spacial score (nSPS) is 15.3. The van der Waals surface area contributed by atoms with Crippen molar-refractivity contribution in [1.29, 1.82) is 0 Å². The monoisotopic (exact) mass is 267 g/mol. The number of Topliss-reactive ketones (excluding diaryl/α,β-unsaturated/α-hetero) is 1. The van der Waals surface area contributed by atoms with Gasteiger partial charge in [-0.05, 0) is 30.9 Å². The summed E-state index contributed by atoms with van der Waals surface area (Å²) in [5.74, 6) is -1.24. The average Bonchev–Trinajstić information content (AvgIpc) is 3.10. The maximum atomic E-state index is 13.6. The zero-order chi connectivity index (χ0) is 14.0. The van der Waals surface area contributed by atoms with Crippen LogP contribution in [0.3, 0.4) is 0 Å². The third-order valence-electron chi connectivity index (χ3n) is 3.24. The van der Waals surface area contributed by atoms with E-state index in [-0.39, 0.29) is 17.9 Å². The highest BCUT2D eigenvalue weighted by Crippen LogP contribution is 2.27. The summed E-state index contributed by atoms with van der Waals surface area (Å²) in [4.78, 5) is 14.2. The number of nitrogens with zero attached hydrogens (tertiary/aromatic N) is 1. The van der Waals surface area contributed by atoms with Crippen molar-refractivity contribution in [2.45, 2.75) is 32.7 Å². The zero-order valence-corrected chi connectivity index (χ0v) is 11.3. The molecule has 0 N–H and O–H groups in total. The molecule has 0 spiro atoms. The maximum absolute atomic E-state index is 13.6. The van der Waals surface area contributed by atoms with Crippen LogP contribution in [0.5, 0.6) is 0 Å². The van der Waals surface area contributed by atoms with Gasteiger partial charge >= 0.3 is 0 Å². The molecule has 0 heterocycles. The van der Waals surface area contributed by atoms with E-state index in [2.05, 4.69) is 18.7 Å². The van der Waals surface area contributed by atoms with Crippen LogP contribution in [0.2, 0.25) is 0 Å². The first kappa shape index (κ1) is 14.1. The maximum Gasteiger partial charge on any atom is 0.179 e. The Hall–Kier alpha value is -1.29. The second-order valence-electron chi connectivity index (χ2n) is 5.60. The number of rotatable bonds is 6. The van der Waals surface area contributed by atoms with Gasteiger partial charge in [-0.1, -0.05) is 13.8 Å². The molecule has 1 fully saturated rings. The number of benzene rings is 1. The highest BCUT2D eigenvalue weighted by atomic mass is 19.1. The van der Waals surface area contributed by atoms with E-state index in [1.54, 1.807) is 0 Å². The Kier molecular flexibility index (Phi) is 4.30. The van der Waals surface area contributed by atoms with Gasteiger partial charge in [0.05, 0.1) is 12.1 Å². The molecular weight excluding hydrogens is 248 g/mol. The predicted octanol–water partition coefficient (Wildman–Crippen LogP) is 3.27. The first-order chi connectivity index (χ1) is 8.97. The van der Waals surface area contributed by atoms with Crippen molar-refractivity contribution < 1.29 is 13.6 Å². The second-order valence-corrected chi connectivity index (χ2v) is 5.60. The molecule has 1 saturated carbocycles. The standard InChI is InChI=1S/C15H19F2NO/c1-10(2)8-18(12-4-5-12)9-15(19)13-6-3-11(16)7-14(13)17/h3,6-7,10,12H,4-5,8-9H2,1-2H3. The van der Waals surface area contributed by atoms with E-state index in [1.165, 1.54) is 6.07 Å². The number of hydrogen-bond acceptors (Lipinski definition) is 2. The Morgan fingerprint density at radius 1 is 1.37 bits per heavy atom. The zero-order valence-electron chi connectivity index (χ0n) is 11.3. The van der Waals surface area contributed by atoms with Gasteiger partial charge in [0.25, 0.3) is 0 Å². The number of hydrogen-bond donors (Lipinski definition) is 0. The topological polar surface area (TPSA) is 20.3 Å². The van der Waals surface area contributed by atoms with E-state index in [9.17, 15) is 13.6 Å². The lowest BCUT2D eigenvalue weighted by molar-refractivity contribution is 0.0911. The van der Waals surface area contributed by atoms with Crippen molar-refractivity contribution in [3.63, 3.8) is 0 Å². The van der Waals surface area contributed by atoms with E-state index >= 15 is 0 Å². The van der Waals surface area contributed by atoms with Crippen LogP contribution in [0.4, 0.5) is 8.78 Å². The Morgan fingerprint density at radius 2 is 2.05 bits per heavy atom. The lowest BCUT2D eigenvalue weighted by Crippen LogP contribution is -2.35. The number of carbonyl (C=O) groups excluding carboxylic acids is 1. The third-order valence-corrected chi connectivity index (χ3v) is 3.24. The van der Waals surface area contributed by atoms with E-state index < -0.39 is 11.6 Å². The number of ketones is 1. The van der Waals surface area contributed by atoms with Gasteiger partial charge in [-0.25, -0.2) is 8.78 Å². The molecule has 0 bridgehead atoms. The molecule has 2 rings (SSSR count). The highest BCUT2D eigenvalue weighted by Gasteiger charge is 2.31. The van der Waals surface area contributed by atoms with Crippen molar-refractivity contribution in [2.75, 3.05) is 13.1 Å². The summed E-state index contributed by atoms with van der Waals surface area (Å²) >= 11 is 0. The summed E-state index contributed by atoms with van der Waals surface area (Å²) < 4.78 is 26.4. The minimum atomic E-state index is -0.773. The molecule has 1 aromatic carbocycles. The van der Waals surface area contributed by atoms with Gasteiger partial charge < -0.3 is 0 Å². The van der Waals surface area contributed by atoms with Crippen molar-refractivity contribution >= 4 is 5.78 Å². The van der Waals surface area contributed by atoms with Crippen molar-refractivity contribution in [3.05, 3.63) is 35.4 Å². The molecular formula is C15H19F2NO. The Balaban J connectivity index is 2.06. The molecule has 4 heteroatoms. The minimum Gasteiger partial charge on any atom is -0.293 e. The van der Waals surface area contributed by atoms with Crippen molar-refractivity contribution in [3.8, 4) is 0 Å². The van der Waals surface area contributed by atoms with Crippen molar-refractivity contribution in [2.24, 2.45) is 5.92 Å². The van der Waals surface area contributed by atoms with Gasteiger partial charge in [0.2, 0.25) is 0 Å². The average molecular weight is 267 g/mol. The Bertz CT molecular complexity index is 469. The largest absolute Gasteiger partial charge is 0.293 e. The Labute approximate surface area is 112 Å². The molecule has 1 aromatic rings. The van der Waals surface area contributed by atoms with Crippen LogP contribution in [-0.2, 0) is 0 Å². The molecule has 0 atom stereocenters. The van der Waals surface area contributed by atoms with E-state index in [1.807, 2.05) is 0 Å². The summed E-state index contributed by atoms with van der Waals surface area (Å²) in [7, 11) is 0. The summed E-state index contributed by atoms with van der Waals surface area (Å²) in [6.07, 6.45) is 2.21. The smallest absolute Gasteiger partial charge is 0.179 e. The molecule has 0 radical (unpaired) electrons. The van der Waals surface area contributed by atoms with Crippen LogP contribution >= 0.6 is 0 Å². The Morgan fingerprint density at radius 3 is 2.58 bits per heavy atom. The SMILES string of the molecule is CC(C)CN(CC(=O)c1ccc(F)cc1F)C1CC1. The first-order valence-corrected chi connectivity index (χ1v) is 6.69. The predicted molar refractivity (Wildman–Crippen MR) is 70.1 cm³/mol. The molecule has 19 heavy (non-hydrogen) atoms. The van der Waals surface area contributed by atoms with E-state index in [0.717, 1.165) is 31.5 Å². The van der Waals surface area contributed by atoms with Gasteiger partial charge in [0, 0.05) is 18.7 Å². The molecule has 0 aliphatic heterocycles. The first-order valence-electron chi connectivity index (χ1n) is 6.69. The highest BCUT2D eigenvalue weighted by molar-refractivity contribution is 5.97. The third kappa shape index (κ3) is 3.83. The van der Waals surface area contributed by atoms with Crippen LogP contribution in [0, 0.1) is 17.6 Å². The molecule has 0 amide bonds. The summed E-state index contributed by atoms with van der Waals surface area (Å²) in [5.41, 5.74) is -0.0178. The van der Waals surface area contributed by atoms with Gasteiger partial charge in [0.1, 0.15) is 11.6 Å². The number of carbonyl (C=O) groups is 1. The summed E-state index contributed by atoms with van der Waals surface area (Å²) in [6, 6.07) is 3.57. The van der Waals surface area contributed by atoms with E-state index in [0.29, 0.717) is 12.0 Å². The van der Waals surface area contributed by atoms with Crippen LogP contribution < -0.4 is 0 Å². The summed E-state index contributed by atoms with van der Waals surface area (Å²) in [6.45, 7) is 5.24. The van der Waals surface area contributed by atoms with Gasteiger partial charge in [0.15, 0.2) is 5.78 Å².